The van der Waals surface area contributed by atoms with E-state index in [0.29, 0.717) is 5.02 Å². The molecule has 0 atom stereocenters. The number of anilines is 1. The summed E-state index contributed by atoms with van der Waals surface area (Å²) in [4.78, 5) is -0.0245. The minimum absolute atomic E-state index is 0.0245. The Balaban J connectivity index is 2.33. The molecule has 0 aromatic heterocycles. The molecular weight excluding hydrogens is 404 g/mol. The average Bonchev–Trinajstić information content (AvgIpc) is 2.33. The van der Waals surface area contributed by atoms with Crippen molar-refractivity contribution in [3.05, 3.63) is 56.9 Å². The lowest BCUT2D eigenvalue weighted by molar-refractivity contribution is 0.599. The van der Waals surface area contributed by atoms with Crippen molar-refractivity contribution in [3.63, 3.8) is 0 Å². The zero-order chi connectivity index (χ0) is 14.0. The van der Waals surface area contributed by atoms with Gasteiger partial charge in [-0.2, -0.15) is 0 Å². The highest BCUT2D eigenvalue weighted by Crippen LogP contribution is 2.26. The molecule has 7 heteroatoms. The average molecular weight is 412 g/mol. The first-order valence-corrected chi connectivity index (χ1v) is 8.06. The molecule has 0 amide bonds. The van der Waals surface area contributed by atoms with Crippen LogP contribution >= 0.6 is 34.2 Å². The normalized spacial score (nSPS) is 11.3. The van der Waals surface area contributed by atoms with E-state index in [-0.39, 0.29) is 10.6 Å². The Kier molecular flexibility index (Phi) is 4.32. The molecule has 19 heavy (non-hydrogen) atoms. The van der Waals surface area contributed by atoms with E-state index >= 15 is 0 Å². The molecule has 3 nitrogen and oxygen atoms in total. The maximum Gasteiger partial charge on any atom is 0.261 e. The predicted octanol–water partition coefficient (Wildman–Crippen LogP) is 3.88. The van der Waals surface area contributed by atoms with Gasteiger partial charge in [0.25, 0.3) is 10.0 Å². The molecule has 0 saturated heterocycles. The van der Waals surface area contributed by atoms with Gasteiger partial charge in [-0.25, -0.2) is 12.8 Å². The van der Waals surface area contributed by atoms with Gasteiger partial charge in [-0.3, -0.25) is 4.72 Å². The lowest BCUT2D eigenvalue weighted by Crippen LogP contribution is -2.13. The molecule has 0 spiro atoms. The van der Waals surface area contributed by atoms with E-state index in [2.05, 4.69) is 27.3 Å². The van der Waals surface area contributed by atoms with E-state index in [0.717, 1.165) is 15.7 Å². The second kappa shape index (κ2) is 5.64. The molecule has 0 fully saturated rings. The second-order valence-electron chi connectivity index (χ2n) is 3.68. The van der Waals surface area contributed by atoms with Crippen LogP contribution in [-0.2, 0) is 10.0 Å². The van der Waals surface area contributed by atoms with Crippen LogP contribution in [0.15, 0.2) is 47.4 Å². The van der Waals surface area contributed by atoms with Crippen LogP contribution in [0.4, 0.5) is 10.1 Å². The fraction of sp³-hybridized carbons (Fsp3) is 0. The number of rotatable bonds is 3. The summed E-state index contributed by atoms with van der Waals surface area (Å²) in [7, 11) is -3.77. The fourth-order valence-corrected chi connectivity index (χ4v) is 3.43. The molecule has 2 aromatic carbocycles. The van der Waals surface area contributed by atoms with Gasteiger partial charge in [0.2, 0.25) is 0 Å². The minimum Gasteiger partial charge on any atom is -0.278 e. The van der Waals surface area contributed by atoms with Gasteiger partial charge < -0.3 is 0 Å². The molecule has 2 aromatic rings. The minimum atomic E-state index is -3.77. The van der Waals surface area contributed by atoms with Crippen LogP contribution in [0.1, 0.15) is 0 Å². The quantitative estimate of drug-likeness (QED) is 0.779. The Morgan fingerprint density at radius 2 is 1.74 bits per heavy atom. The highest BCUT2D eigenvalue weighted by molar-refractivity contribution is 14.1. The first-order chi connectivity index (χ1) is 8.88. The fourth-order valence-electron chi connectivity index (χ4n) is 1.39. The molecule has 0 bridgehead atoms. The third kappa shape index (κ3) is 3.58. The van der Waals surface area contributed by atoms with Crippen molar-refractivity contribution in [2.24, 2.45) is 0 Å². The van der Waals surface area contributed by atoms with Crippen molar-refractivity contribution in [2.45, 2.75) is 4.90 Å². The van der Waals surface area contributed by atoms with Gasteiger partial charge in [0.05, 0.1) is 15.6 Å². The molecule has 0 unspecified atom stereocenters. The topological polar surface area (TPSA) is 46.2 Å². The zero-order valence-electron chi connectivity index (χ0n) is 9.40. The smallest absolute Gasteiger partial charge is 0.261 e. The van der Waals surface area contributed by atoms with Crippen molar-refractivity contribution < 1.29 is 12.8 Å². The summed E-state index contributed by atoms with van der Waals surface area (Å²) in [5.41, 5.74) is 0.284. The summed E-state index contributed by atoms with van der Waals surface area (Å²) in [6.07, 6.45) is 0. The first-order valence-electron chi connectivity index (χ1n) is 5.12. The summed E-state index contributed by atoms with van der Waals surface area (Å²) in [5, 5.41) is 0.303. The van der Waals surface area contributed by atoms with Crippen LogP contribution in [0.25, 0.3) is 0 Å². The number of benzene rings is 2. The van der Waals surface area contributed by atoms with E-state index in [1.165, 1.54) is 12.1 Å². The van der Waals surface area contributed by atoms with Crippen molar-refractivity contribution in [2.75, 3.05) is 4.72 Å². The van der Waals surface area contributed by atoms with E-state index < -0.39 is 15.8 Å². The van der Waals surface area contributed by atoms with Gasteiger partial charge >= 0.3 is 0 Å². The maximum atomic E-state index is 12.8. The SMILES string of the molecule is O=S(=O)(Nc1ccc(I)cc1Cl)c1ccc(F)cc1. The Morgan fingerprint density at radius 1 is 1.11 bits per heavy atom. The van der Waals surface area contributed by atoms with Gasteiger partial charge in [0, 0.05) is 3.57 Å². The van der Waals surface area contributed by atoms with E-state index in [1.54, 1.807) is 18.2 Å². The number of hydrogen-bond acceptors (Lipinski definition) is 2. The molecule has 0 aliphatic carbocycles. The maximum absolute atomic E-state index is 12.8. The number of nitrogens with one attached hydrogen (secondary N) is 1. The molecule has 100 valence electrons. The highest BCUT2D eigenvalue weighted by atomic mass is 127. The summed E-state index contributed by atoms with van der Waals surface area (Å²) >= 11 is 8.03. The van der Waals surface area contributed by atoms with E-state index in [9.17, 15) is 12.8 Å². The van der Waals surface area contributed by atoms with Crippen LogP contribution in [-0.4, -0.2) is 8.42 Å². The van der Waals surface area contributed by atoms with Gasteiger partial charge in [0.1, 0.15) is 5.82 Å². The van der Waals surface area contributed by atoms with Gasteiger partial charge in [-0.05, 0) is 65.1 Å². The molecule has 0 aliphatic heterocycles. The largest absolute Gasteiger partial charge is 0.278 e. The van der Waals surface area contributed by atoms with Crippen molar-refractivity contribution in [3.8, 4) is 0 Å². The molecular formula is C12H8ClFINO2S. The highest BCUT2D eigenvalue weighted by Gasteiger charge is 2.15. The zero-order valence-corrected chi connectivity index (χ0v) is 13.1. The van der Waals surface area contributed by atoms with E-state index in [4.69, 9.17) is 11.6 Å². The molecule has 2 rings (SSSR count). The molecule has 0 heterocycles. The van der Waals surface area contributed by atoms with Crippen molar-refractivity contribution >= 4 is 49.9 Å². The monoisotopic (exact) mass is 411 g/mol. The number of hydrogen-bond donors (Lipinski definition) is 1. The first kappa shape index (κ1) is 14.5. The third-order valence-electron chi connectivity index (χ3n) is 2.30. The van der Waals surface area contributed by atoms with Gasteiger partial charge in [-0.15, -0.1) is 0 Å². The van der Waals surface area contributed by atoms with Gasteiger partial charge in [-0.1, -0.05) is 11.6 Å². The van der Waals surface area contributed by atoms with E-state index in [1.807, 2.05) is 0 Å². The van der Waals surface area contributed by atoms with Crippen LogP contribution in [0, 0.1) is 9.39 Å². The number of halogens is 3. The predicted molar refractivity (Wildman–Crippen MR) is 81.4 cm³/mol. The molecule has 1 N–H and O–H groups in total. The summed E-state index contributed by atoms with van der Waals surface area (Å²) in [6.45, 7) is 0. The lowest BCUT2D eigenvalue weighted by atomic mass is 10.3. The lowest BCUT2D eigenvalue weighted by Gasteiger charge is -2.09. The number of sulfonamides is 1. The van der Waals surface area contributed by atoms with Gasteiger partial charge in [0.15, 0.2) is 0 Å². The van der Waals surface area contributed by atoms with Crippen LogP contribution in [0.2, 0.25) is 5.02 Å². The Bertz CT molecular complexity index is 704. The molecule has 0 aliphatic rings. The van der Waals surface area contributed by atoms with Crippen LogP contribution in [0.3, 0.4) is 0 Å². The van der Waals surface area contributed by atoms with Crippen LogP contribution in [0.5, 0.6) is 0 Å². The van der Waals surface area contributed by atoms with Crippen molar-refractivity contribution in [1.29, 1.82) is 0 Å². The third-order valence-corrected chi connectivity index (χ3v) is 4.66. The summed E-state index contributed by atoms with van der Waals surface area (Å²) < 4.78 is 40.1. The van der Waals surface area contributed by atoms with Crippen LogP contribution < -0.4 is 4.72 Å². The Morgan fingerprint density at radius 3 is 2.32 bits per heavy atom. The molecule has 0 radical (unpaired) electrons. The Labute approximate surface area is 129 Å². The standard InChI is InChI=1S/C12H8ClFINO2S/c13-11-7-9(15)3-6-12(11)16-19(17,18)10-4-1-8(14)2-5-10/h1-7,16H. The summed E-state index contributed by atoms with van der Waals surface area (Å²) in [5.74, 6) is -0.494. The Hall–Kier alpha value is -0.860. The summed E-state index contributed by atoms with van der Waals surface area (Å²) in [6, 6.07) is 9.51. The second-order valence-corrected chi connectivity index (χ2v) is 7.02. The van der Waals surface area contributed by atoms with Crippen molar-refractivity contribution in [1.82, 2.24) is 0 Å². The molecule has 0 saturated carbocycles.